The summed E-state index contributed by atoms with van der Waals surface area (Å²) < 4.78 is 10.1. The molecule has 3 rings (SSSR count). The topological polar surface area (TPSA) is 119 Å². The predicted molar refractivity (Wildman–Crippen MR) is 99.7 cm³/mol. The number of methoxy groups -OCH3 is 1. The Labute approximate surface area is 164 Å². The average Bonchev–Trinajstić information content (AvgIpc) is 2.95. The van der Waals surface area contributed by atoms with E-state index < -0.39 is 16.1 Å². The number of hydrogen-bond donors (Lipinski definition) is 0. The van der Waals surface area contributed by atoms with Crippen molar-refractivity contribution in [1.82, 2.24) is 9.80 Å². The van der Waals surface area contributed by atoms with Crippen molar-refractivity contribution >= 4 is 40.6 Å². The molecular weight excluding hydrogens is 390 g/mol. The molecule has 0 atom stereocenters. The lowest BCUT2D eigenvalue weighted by Gasteiger charge is -2.28. The summed E-state index contributed by atoms with van der Waals surface area (Å²) in [5.41, 5.74) is 0.121. The van der Waals surface area contributed by atoms with Gasteiger partial charge in [-0.2, -0.15) is 0 Å². The van der Waals surface area contributed by atoms with Crippen LogP contribution in [0.2, 0.25) is 0 Å². The molecule has 2 heterocycles. The molecule has 0 radical (unpaired) electrons. The second kappa shape index (κ2) is 8.40. The Kier molecular flexibility index (Phi) is 5.95. The zero-order valence-electron chi connectivity index (χ0n) is 15.0. The number of hydrogen-bond acceptors (Lipinski definition) is 8. The molecule has 2 saturated heterocycles. The summed E-state index contributed by atoms with van der Waals surface area (Å²) in [5, 5.41) is 10.6. The van der Waals surface area contributed by atoms with Crippen molar-refractivity contribution in [3.05, 3.63) is 38.8 Å². The molecule has 1 aromatic carbocycles. The van der Waals surface area contributed by atoms with Crippen LogP contribution in [0, 0.1) is 10.1 Å². The molecule has 0 saturated carbocycles. The van der Waals surface area contributed by atoms with E-state index in [9.17, 15) is 24.5 Å². The fourth-order valence-electron chi connectivity index (χ4n) is 2.78. The molecule has 0 bridgehead atoms. The van der Waals surface area contributed by atoms with Gasteiger partial charge in [0.2, 0.25) is 5.91 Å². The summed E-state index contributed by atoms with van der Waals surface area (Å²) in [4.78, 5) is 50.1. The number of rotatable bonds is 5. The van der Waals surface area contributed by atoms with Gasteiger partial charge in [0.25, 0.3) is 11.1 Å². The van der Waals surface area contributed by atoms with Crippen LogP contribution in [0.5, 0.6) is 5.75 Å². The molecule has 28 heavy (non-hydrogen) atoms. The van der Waals surface area contributed by atoms with E-state index in [4.69, 9.17) is 9.47 Å². The second-order valence-corrected chi connectivity index (χ2v) is 6.94. The fourth-order valence-corrected chi connectivity index (χ4v) is 3.61. The van der Waals surface area contributed by atoms with Crippen molar-refractivity contribution < 1.29 is 28.8 Å². The van der Waals surface area contributed by atoms with Crippen LogP contribution in [0.4, 0.5) is 10.5 Å². The smallest absolute Gasteiger partial charge is 0.311 e. The Morgan fingerprint density at radius 1 is 1.36 bits per heavy atom. The molecule has 3 amide bonds. The van der Waals surface area contributed by atoms with Gasteiger partial charge in [-0.05, 0) is 29.5 Å². The van der Waals surface area contributed by atoms with Gasteiger partial charge in [0.1, 0.15) is 6.54 Å². The number of benzene rings is 1. The minimum atomic E-state index is -0.602. The van der Waals surface area contributed by atoms with Crippen LogP contribution in [0.1, 0.15) is 5.56 Å². The Balaban J connectivity index is 1.76. The standard InChI is InChI=1S/C17H17N3O7S/c1-26-13-3-2-11(8-12(13)20(24)25)9-14-16(22)19(17(23)28-14)10-15(21)18-4-6-27-7-5-18/h2-3,8-9H,4-7,10H2,1H3/b14-9+. The molecule has 0 aliphatic carbocycles. The number of morpholine rings is 1. The molecule has 0 aromatic heterocycles. The lowest BCUT2D eigenvalue weighted by molar-refractivity contribution is -0.385. The summed E-state index contributed by atoms with van der Waals surface area (Å²) in [6.45, 7) is 1.33. The van der Waals surface area contributed by atoms with E-state index in [1.807, 2.05) is 0 Å². The van der Waals surface area contributed by atoms with Gasteiger partial charge in [-0.15, -0.1) is 0 Å². The third kappa shape index (κ3) is 4.15. The Morgan fingerprint density at radius 3 is 2.71 bits per heavy atom. The highest BCUT2D eigenvalue weighted by atomic mass is 32.2. The molecule has 0 spiro atoms. The van der Waals surface area contributed by atoms with Crippen molar-refractivity contribution in [2.75, 3.05) is 40.0 Å². The van der Waals surface area contributed by atoms with Gasteiger partial charge in [0.05, 0.1) is 30.2 Å². The minimum Gasteiger partial charge on any atom is -0.490 e. The monoisotopic (exact) mass is 407 g/mol. The lowest BCUT2D eigenvalue weighted by atomic mass is 10.1. The number of nitrogens with zero attached hydrogens (tertiary/aromatic N) is 3. The second-order valence-electron chi connectivity index (χ2n) is 5.95. The third-order valence-corrected chi connectivity index (χ3v) is 5.14. The Hall–Kier alpha value is -2.92. The SMILES string of the molecule is COc1ccc(/C=C2/SC(=O)N(CC(=O)N3CCOCC3)C2=O)cc1[N+](=O)[O-]. The maximum absolute atomic E-state index is 12.5. The van der Waals surface area contributed by atoms with Crippen molar-refractivity contribution in [2.24, 2.45) is 0 Å². The van der Waals surface area contributed by atoms with Gasteiger partial charge in [0, 0.05) is 19.2 Å². The van der Waals surface area contributed by atoms with Crippen LogP contribution in [0.3, 0.4) is 0 Å². The van der Waals surface area contributed by atoms with E-state index >= 15 is 0 Å². The summed E-state index contributed by atoms with van der Waals surface area (Å²) in [7, 11) is 1.32. The quantitative estimate of drug-likeness (QED) is 0.409. The van der Waals surface area contributed by atoms with Gasteiger partial charge in [-0.25, -0.2) is 0 Å². The average molecular weight is 407 g/mol. The van der Waals surface area contributed by atoms with E-state index in [2.05, 4.69) is 0 Å². The molecular formula is C17H17N3O7S. The first-order valence-corrected chi connectivity index (χ1v) is 9.15. The van der Waals surface area contributed by atoms with E-state index in [1.54, 1.807) is 11.0 Å². The number of nitro groups is 1. The number of ether oxygens (including phenoxy) is 2. The van der Waals surface area contributed by atoms with E-state index in [0.29, 0.717) is 43.6 Å². The largest absolute Gasteiger partial charge is 0.490 e. The number of thioether (sulfide) groups is 1. The summed E-state index contributed by atoms with van der Waals surface area (Å²) in [6, 6.07) is 4.21. The molecule has 11 heteroatoms. The van der Waals surface area contributed by atoms with Crippen LogP contribution in [-0.4, -0.2) is 71.7 Å². The van der Waals surface area contributed by atoms with E-state index in [1.165, 1.54) is 25.3 Å². The van der Waals surface area contributed by atoms with E-state index in [-0.39, 0.29) is 28.8 Å². The molecule has 1 aromatic rings. The summed E-state index contributed by atoms with van der Waals surface area (Å²) in [6.07, 6.45) is 1.39. The van der Waals surface area contributed by atoms with Gasteiger partial charge in [0.15, 0.2) is 5.75 Å². The van der Waals surface area contributed by atoms with Crippen molar-refractivity contribution in [1.29, 1.82) is 0 Å². The van der Waals surface area contributed by atoms with Crippen LogP contribution in [-0.2, 0) is 14.3 Å². The van der Waals surface area contributed by atoms with Crippen LogP contribution >= 0.6 is 11.8 Å². The molecule has 148 valence electrons. The maximum atomic E-state index is 12.5. The van der Waals surface area contributed by atoms with Crippen LogP contribution < -0.4 is 4.74 Å². The number of imide groups is 1. The first-order chi connectivity index (χ1) is 13.4. The normalized spacial score (nSPS) is 18.7. The number of carbonyl (C=O) groups is 3. The Morgan fingerprint density at radius 2 is 2.07 bits per heavy atom. The molecule has 10 nitrogen and oxygen atoms in total. The highest BCUT2D eigenvalue weighted by Gasteiger charge is 2.37. The highest BCUT2D eigenvalue weighted by molar-refractivity contribution is 8.18. The van der Waals surface area contributed by atoms with Crippen molar-refractivity contribution in [2.45, 2.75) is 0 Å². The molecule has 2 aliphatic rings. The number of nitro benzene ring substituents is 1. The van der Waals surface area contributed by atoms with Gasteiger partial charge in [-0.3, -0.25) is 29.4 Å². The summed E-state index contributed by atoms with van der Waals surface area (Å²) in [5.74, 6) is -0.839. The zero-order chi connectivity index (χ0) is 20.3. The third-order valence-electron chi connectivity index (χ3n) is 4.23. The molecule has 0 unspecified atom stereocenters. The highest BCUT2D eigenvalue weighted by Crippen LogP contribution is 2.34. The van der Waals surface area contributed by atoms with Gasteiger partial charge in [-0.1, -0.05) is 6.07 Å². The zero-order valence-corrected chi connectivity index (χ0v) is 15.8. The van der Waals surface area contributed by atoms with Gasteiger partial charge < -0.3 is 14.4 Å². The van der Waals surface area contributed by atoms with Gasteiger partial charge >= 0.3 is 5.69 Å². The molecule has 2 fully saturated rings. The van der Waals surface area contributed by atoms with Crippen molar-refractivity contribution in [3.8, 4) is 5.75 Å². The predicted octanol–water partition coefficient (Wildman–Crippen LogP) is 1.50. The van der Waals surface area contributed by atoms with E-state index in [0.717, 1.165) is 4.90 Å². The first kappa shape index (κ1) is 19.8. The van der Waals surface area contributed by atoms with Crippen LogP contribution in [0.15, 0.2) is 23.1 Å². The fraction of sp³-hybridized carbons (Fsp3) is 0.353. The first-order valence-electron chi connectivity index (χ1n) is 8.34. The molecule has 0 N–H and O–H groups in total. The number of carbonyl (C=O) groups excluding carboxylic acids is 3. The lowest BCUT2D eigenvalue weighted by Crippen LogP contribution is -2.46. The van der Waals surface area contributed by atoms with Crippen LogP contribution in [0.25, 0.3) is 6.08 Å². The molecule has 2 aliphatic heterocycles. The maximum Gasteiger partial charge on any atom is 0.311 e. The number of amides is 3. The minimum absolute atomic E-state index is 0.0892. The Bertz CT molecular complexity index is 864. The summed E-state index contributed by atoms with van der Waals surface area (Å²) >= 11 is 0.691. The van der Waals surface area contributed by atoms with Crippen molar-refractivity contribution in [3.63, 3.8) is 0 Å².